The van der Waals surface area contributed by atoms with E-state index in [9.17, 15) is 9.36 Å². The van der Waals surface area contributed by atoms with Crippen LogP contribution in [0.2, 0.25) is 0 Å². The van der Waals surface area contributed by atoms with Crippen LogP contribution in [0.5, 0.6) is 0 Å². The van der Waals surface area contributed by atoms with Gasteiger partial charge in [0.1, 0.15) is 0 Å². The minimum absolute atomic E-state index is 0.147. The molecule has 0 saturated carbocycles. The molecule has 15 heavy (non-hydrogen) atoms. The standard InChI is InChI=1S/C8H8NO5P/c10-8(11)7-6(2-1-4-9-7)3-5-15(12,13)14/h1-5H,(H,10,11)(H2,12,13,14)/b5-3-. The Morgan fingerprint density at radius 2 is 2.13 bits per heavy atom. The van der Waals surface area contributed by atoms with Crippen molar-refractivity contribution in [2.75, 3.05) is 0 Å². The van der Waals surface area contributed by atoms with Crippen LogP contribution in [0.3, 0.4) is 0 Å². The first-order valence-corrected chi connectivity index (χ1v) is 5.51. The van der Waals surface area contributed by atoms with Gasteiger partial charge in [-0.25, -0.2) is 9.78 Å². The fourth-order valence-corrected chi connectivity index (χ4v) is 1.26. The number of carbonyl (C=O) groups is 1. The van der Waals surface area contributed by atoms with Gasteiger partial charge in [-0.15, -0.1) is 0 Å². The molecule has 1 aromatic heterocycles. The van der Waals surface area contributed by atoms with Crippen molar-refractivity contribution in [1.82, 2.24) is 4.98 Å². The van der Waals surface area contributed by atoms with Gasteiger partial charge in [0.2, 0.25) is 0 Å². The predicted molar refractivity (Wildman–Crippen MR) is 52.3 cm³/mol. The second-order valence-corrected chi connectivity index (χ2v) is 4.13. The molecule has 0 aliphatic heterocycles. The highest BCUT2D eigenvalue weighted by molar-refractivity contribution is 7.55. The highest BCUT2D eigenvalue weighted by Crippen LogP contribution is 2.36. The Balaban J connectivity index is 3.10. The van der Waals surface area contributed by atoms with E-state index in [4.69, 9.17) is 14.9 Å². The Kier molecular flexibility index (Phi) is 3.36. The van der Waals surface area contributed by atoms with Crippen molar-refractivity contribution in [2.24, 2.45) is 0 Å². The van der Waals surface area contributed by atoms with Crippen LogP contribution in [0.4, 0.5) is 0 Å². The van der Waals surface area contributed by atoms with Crippen LogP contribution in [0, 0.1) is 0 Å². The molecule has 0 aromatic carbocycles. The largest absolute Gasteiger partial charge is 0.476 e. The summed E-state index contributed by atoms with van der Waals surface area (Å²) in [6, 6.07) is 2.88. The molecule has 6 nitrogen and oxygen atoms in total. The zero-order valence-corrected chi connectivity index (χ0v) is 8.33. The lowest BCUT2D eigenvalue weighted by Gasteiger charge is -1.99. The van der Waals surface area contributed by atoms with Crippen LogP contribution in [0.15, 0.2) is 24.1 Å². The van der Waals surface area contributed by atoms with Gasteiger partial charge in [-0.2, -0.15) is 0 Å². The number of carboxylic acid groups (broad SMARTS) is 1. The Morgan fingerprint density at radius 1 is 1.47 bits per heavy atom. The molecule has 80 valence electrons. The molecule has 1 rings (SSSR count). The lowest BCUT2D eigenvalue weighted by molar-refractivity contribution is 0.0690. The molecule has 0 atom stereocenters. The van der Waals surface area contributed by atoms with Gasteiger partial charge in [0.25, 0.3) is 0 Å². The van der Waals surface area contributed by atoms with E-state index in [1.807, 2.05) is 0 Å². The predicted octanol–water partition coefficient (Wildman–Crippen LogP) is 0.928. The number of aromatic nitrogens is 1. The average Bonchev–Trinajstić information content (AvgIpc) is 2.14. The first-order valence-electron chi connectivity index (χ1n) is 3.83. The van der Waals surface area contributed by atoms with Crippen molar-refractivity contribution in [2.45, 2.75) is 0 Å². The topological polar surface area (TPSA) is 108 Å². The molecule has 0 unspecified atom stereocenters. The quantitative estimate of drug-likeness (QED) is 0.665. The molecule has 0 amide bonds. The molecule has 0 aliphatic rings. The highest BCUT2D eigenvalue weighted by atomic mass is 31.2. The number of rotatable bonds is 3. The monoisotopic (exact) mass is 229 g/mol. The second-order valence-electron chi connectivity index (χ2n) is 2.65. The van der Waals surface area contributed by atoms with Gasteiger partial charge in [-0.3, -0.25) is 4.57 Å². The summed E-state index contributed by atoms with van der Waals surface area (Å²) >= 11 is 0. The van der Waals surface area contributed by atoms with E-state index in [0.29, 0.717) is 5.82 Å². The number of aromatic carboxylic acids is 1. The smallest absolute Gasteiger partial charge is 0.355 e. The zero-order chi connectivity index (χ0) is 11.5. The van der Waals surface area contributed by atoms with Crippen LogP contribution < -0.4 is 0 Å². The third kappa shape index (κ3) is 3.63. The summed E-state index contributed by atoms with van der Waals surface area (Å²) in [7, 11) is -4.28. The SMILES string of the molecule is O=C(O)c1ncccc1/C=C\P(=O)(O)O. The highest BCUT2D eigenvalue weighted by Gasteiger charge is 2.11. The average molecular weight is 229 g/mol. The van der Waals surface area contributed by atoms with Crippen LogP contribution in [-0.2, 0) is 4.57 Å². The number of carboxylic acids is 1. The van der Waals surface area contributed by atoms with E-state index < -0.39 is 13.6 Å². The lowest BCUT2D eigenvalue weighted by Crippen LogP contribution is -2.02. The van der Waals surface area contributed by atoms with E-state index >= 15 is 0 Å². The fourth-order valence-electron chi connectivity index (χ4n) is 0.908. The van der Waals surface area contributed by atoms with E-state index in [1.54, 1.807) is 0 Å². The molecule has 0 bridgehead atoms. The number of hydrogen-bond donors (Lipinski definition) is 3. The minimum atomic E-state index is -4.28. The summed E-state index contributed by atoms with van der Waals surface area (Å²) in [4.78, 5) is 31.4. The van der Waals surface area contributed by atoms with Gasteiger partial charge in [-0.1, -0.05) is 6.07 Å². The second kappa shape index (κ2) is 4.35. The van der Waals surface area contributed by atoms with Crippen molar-refractivity contribution in [3.8, 4) is 0 Å². The number of nitrogens with zero attached hydrogens (tertiary/aromatic N) is 1. The molecule has 3 N–H and O–H groups in total. The summed E-state index contributed by atoms with van der Waals surface area (Å²) in [6.45, 7) is 0. The first-order chi connectivity index (χ1) is 6.90. The lowest BCUT2D eigenvalue weighted by atomic mass is 10.2. The van der Waals surface area contributed by atoms with Crippen molar-refractivity contribution >= 4 is 19.6 Å². The van der Waals surface area contributed by atoms with Crippen LogP contribution in [0.1, 0.15) is 16.1 Å². The molecule has 7 heteroatoms. The summed E-state index contributed by atoms with van der Waals surface area (Å²) in [5.74, 6) is -0.614. The number of hydrogen-bond acceptors (Lipinski definition) is 3. The van der Waals surface area contributed by atoms with Crippen molar-refractivity contribution in [3.63, 3.8) is 0 Å². The van der Waals surface area contributed by atoms with Crippen molar-refractivity contribution < 1.29 is 24.3 Å². The third-order valence-corrected chi connectivity index (χ3v) is 2.03. The van der Waals surface area contributed by atoms with Crippen LogP contribution in [0.25, 0.3) is 6.08 Å². The molecule has 0 radical (unpaired) electrons. The van der Waals surface area contributed by atoms with E-state index in [0.717, 1.165) is 6.08 Å². The Labute approximate surface area is 85.1 Å². The van der Waals surface area contributed by atoms with E-state index in [2.05, 4.69) is 4.98 Å². The normalized spacial score (nSPS) is 11.9. The Bertz CT molecular complexity index is 450. The molecule has 0 spiro atoms. The zero-order valence-electron chi connectivity index (χ0n) is 7.44. The molecular weight excluding hydrogens is 221 g/mol. The molecule has 0 fully saturated rings. The molecule has 1 aromatic rings. The van der Waals surface area contributed by atoms with Crippen LogP contribution >= 0.6 is 7.60 Å². The summed E-state index contributed by atoms with van der Waals surface area (Å²) in [6.07, 6.45) is 2.33. The van der Waals surface area contributed by atoms with Crippen molar-refractivity contribution in [3.05, 3.63) is 35.4 Å². The molecule has 1 heterocycles. The maximum atomic E-state index is 10.7. The van der Waals surface area contributed by atoms with Gasteiger partial charge >= 0.3 is 13.6 Å². The molecular formula is C8H8NO5P. The minimum Gasteiger partial charge on any atom is -0.476 e. The third-order valence-electron chi connectivity index (χ3n) is 1.49. The van der Waals surface area contributed by atoms with Gasteiger partial charge < -0.3 is 14.9 Å². The van der Waals surface area contributed by atoms with Gasteiger partial charge in [0.15, 0.2) is 5.69 Å². The molecule has 0 aliphatic carbocycles. The van der Waals surface area contributed by atoms with Gasteiger partial charge in [0, 0.05) is 17.6 Å². The summed E-state index contributed by atoms with van der Waals surface area (Å²) in [5, 5.41) is 8.70. The Morgan fingerprint density at radius 3 is 2.67 bits per heavy atom. The van der Waals surface area contributed by atoms with Crippen molar-refractivity contribution in [1.29, 1.82) is 0 Å². The maximum Gasteiger partial charge on any atom is 0.355 e. The van der Waals surface area contributed by atoms with E-state index in [-0.39, 0.29) is 11.3 Å². The summed E-state index contributed by atoms with van der Waals surface area (Å²) in [5.41, 5.74) is -0.101. The Hall–Kier alpha value is -1.49. The molecule has 0 saturated heterocycles. The first kappa shape index (κ1) is 11.6. The maximum absolute atomic E-state index is 10.7. The van der Waals surface area contributed by atoms with E-state index in [1.165, 1.54) is 18.3 Å². The van der Waals surface area contributed by atoms with Gasteiger partial charge in [0.05, 0.1) is 0 Å². The fraction of sp³-hybridized carbons (Fsp3) is 0. The number of pyridine rings is 1. The van der Waals surface area contributed by atoms with Crippen LogP contribution in [-0.4, -0.2) is 25.8 Å². The summed E-state index contributed by atoms with van der Waals surface area (Å²) < 4.78 is 10.5. The van der Waals surface area contributed by atoms with Gasteiger partial charge in [-0.05, 0) is 12.1 Å².